The second-order valence-electron chi connectivity index (χ2n) is 4.62. The third-order valence-corrected chi connectivity index (χ3v) is 3.65. The van der Waals surface area contributed by atoms with Crippen molar-refractivity contribution in [3.05, 3.63) is 34.6 Å². The number of halogens is 2. The van der Waals surface area contributed by atoms with Gasteiger partial charge in [0, 0.05) is 17.5 Å². The van der Waals surface area contributed by atoms with Crippen molar-refractivity contribution in [2.45, 2.75) is 13.3 Å². The number of nitrogens with zero attached hydrogens (tertiary/aromatic N) is 2. The van der Waals surface area contributed by atoms with Crippen molar-refractivity contribution >= 4 is 45.7 Å². The third kappa shape index (κ3) is 2.51. The van der Waals surface area contributed by atoms with Crippen molar-refractivity contribution < 1.29 is 4.79 Å². The Bertz CT molecular complexity index is 674. The molecule has 1 atom stereocenters. The summed E-state index contributed by atoms with van der Waals surface area (Å²) in [6.07, 6.45) is 2.45. The molecule has 1 fully saturated rings. The maximum absolute atomic E-state index is 11.8. The minimum absolute atomic E-state index is 0.0180. The van der Waals surface area contributed by atoms with Crippen LogP contribution in [0.25, 0.3) is 10.8 Å². The van der Waals surface area contributed by atoms with Gasteiger partial charge in [0.05, 0.1) is 0 Å². The van der Waals surface area contributed by atoms with E-state index in [9.17, 15) is 4.79 Å². The van der Waals surface area contributed by atoms with E-state index in [0.29, 0.717) is 21.5 Å². The molecule has 1 amide bonds. The van der Waals surface area contributed by atoms with Gasteiger partial charge in [-0.3, -0.25) is 4.79 Å². The Morgan fingerprint density at radius 2 is 2.16 bits per heavy atom. The van der Waals surface area contributed by atoms with Gasteiger partial charge >= 0.3 is 0 Å². The van der Waals surface area contributed by atoms with E-state index in [4.69, 9.17) is 23.2 Å². The van der Waals surface area contributed by atoms with E-state index in [1.807, 2.05) is 6.92 Å². The van der Waals surface area contributed by atoms with Crippen LogP contribution in [-0.2, 0) is 4.79 Å². The molecule has 19 heavy (non-hydrogen) atoms. The van der Waals surface area contributed by atoms with Crippen molar-refractivity contribution in [1.82, 2.24) is 9.97 Å². The zero-order valence-corrected chi connectivity index (χ0v) is 11.6. The van der Waals surface area contributed by atoms with Crippen molar-refractivity contribution in [2.24, 2.45) is 5.92 Å². The van der Waals surface area contributed by atoms with Crippen LogP contribution in [0, 0.1) is 11.8 Å². The Morgan fingerprint density at radius 3 is 2.84 bits per heavy atom. The molecule has 1 aliphatic rings. The molecule has 0 saturated heterocycles. The number of fused-ring (bicyclic) bond motifs is 1. The minimum Gasteiger partial charge on any atom is -0.310 e. The molecule has 2 aromatic rings. The number of aromatic nitrogens is 2. The van der Waals surface area contributed by atoms with Gasteiger partial charge in [0.1, 0.15) is 16.1 Å². The molecule has 97 valence electrons. The van der Waals surface area contributed by atoms with Gasteiger partial charge in [-0.05, 0) is 29.9 Å². The lowest BCUT2D eigenvalue weighted by atomic mass is 10.2. The third-order valence-electron chi connectivity index (χ3n) is 3.17. The molecule has 1 N–H and O–H groups in total. The van der Waals surface area contributed by atoms with Crippen LogP contribution in [0.2, 0.25) is 10.3 Å². The van der Waals surface area contributed by atoms with Crippen LogP contribution in [0.5, 0.6) is 0 Å². The summed E-state index contributed by atoms with van der Waals surface area (Å²) >= 11 is 11.8. The van der Waals surface area contributed by atoms with E-state index < -0.39 is 0 Å². The molecular weight excluding hydrogens is 285 g/mol. The van der Waals surface area contributed by atoms with Gasteiger partial charge < -0.3 is 5.32 Å². The van der Waals surface area contributed by atoms with Crippen molar-refractivity contribution in [1.29, 1.82) is 0 Å². The predicted octanol–water partition coefficient (Wildman–Crippen LogP) is 3.49. The molecule has 6 heteroatoms. The Hall–Kier alpha value is -1.39. The lowest BCUT2D eigenvalue weighted by Crippen LogP contribution is -2.15. The number of anilines is 1. The normalized spacial score (nSPS) is 18.6. The van der Waals surface area contributed by atoms with Crippen LogP contribution < -0.4 is 5.32 Å². The Morgan fingerprint density at radius 1 is 1.42 bits per heavy atom. The first-order valence-electron chi connectivity index (χ1n) is 5.79. The molecule has 0 aliphatic heterocycles. The standard InChI is InChI=1S/C13H10Cl2N3O/c1-6-2-8(6)13(19)18-11-4-7-3-10(14)17-12(15)9(7)5-16-11/h3-5,8H,2H2,1H3,(H,16,18,19). The summed E-state index contributed by atoms with van der Waals surface area (Å²) in [6, 6.07) is 3.43. The van der Waals surface area contributed by atoms with Crippen LogP contribution >= 0.6 is 23.2 Å². The minimum atomic E-state index is -0.0180. The Labute approximate surface area is 120 Å². The zero-order valence-electron chi connectivity index (χ0n) is 10.1. The fraction of sp³-hybridized carbons (Fsp3) is 0.231. The topological polar surface area (TPSA) is 54.9 Å². The highest BCUT2D eigenvalue weighted by atomic mass is 35.5. The molecular formula is C13H10Cl2N3O. The van der Waals surface area contributed by atoms with Crippen LogP contribution in [0.15, 0.2) is 18.3 Å². The predicted molar refractivity (Wildman–Crippen MR) is 75.2 cm³/mol. The number of pyridine rings is 2. The second kappa shape index (κ2) is 4.62. The van der Waals surface area contributed by atoms with Crippen molar-refractivity contribution in [3.8, 4) is 0 Å². The molecule has 0 spiro atoms. The Balaban J connectivity index is 1.91. The molecule has 2 aromatic heterocycles. The summed E-state index contributed by atoms with van der Waals surface area (Å²) in [4.78, 5) is 19.9. The number of carbonyl (C=O) groups is 1. The molecule has 2 heterocycles. The molecule has 1 radical (unpaired) electrons. The molecule has 0 bridgehead atoms. The largest absolute Gasteiger partial charge is 0.310 e. The average molecular weight is 295 g/mol. The average Bonchev–Trinajstić information content (AvgIpc) is 3.05. The van der Waals surface area contributed by atoms with Crippen LogP contribution in [0.4, 0.5) is 5.82 Å². The molecule has 1 aliphatic carbocycles. The summed E-state index contributed by atoms with van der Waals surface area (Å²) in [7, 11) is 0. The number of nitrogens with one attached hydrogen (secondary N) is 1. The van der Waals surface area contributed by atoms with Crippen LogP contribution in [0.1, 0.15) is 13.3 Å². The summed E-state index contributed by atoms with van der Waals surface area (Å²) in [6.45, 7) is 1.98. The van der Waals surface area contributed by atoms with Gasteiger partial charge in [-0.25, -0.2) is 9.97 Å². The summed E-state index contributed by atoms with van der Waals surface area (Å²) in [5.41, 5.74) is 0. The van der Waals surface area contributed by atoms with Gasteiger partial charge in [0.15, 0.2) is 0 Å². The van der Waals surface area contributed by atoms with Crippen LogP contribution in [-0.4, -0.2) is 15.9 Å². The van der Waals surface area contributed by atoms with E-state index in [-0.39, 0.29) is 11.8 Å². The highest BCUT2D eigenvalue weighted by molar-refractivity contribution is 6.36. The maximum Gasteiger partial charge on any atom is 0.229 e. The maximum atomic E-state index is 11.8. The SMILES string of the molecule is C[C]1CC1C(=O)Nc1cc2cc(Cl)nc(Cl)c2cn1. The first-order chi connectivity index (χ1) is 9.04. The lowest BCUT2D eigenvalue weighted by molar-refractivity contribution is -0.117. The second-order valence-corrected chi connectivity index (χ2v) is 5.36. The van der Waals surface area contributed by atoms with Crippen molar-refractivity contribution in [3.63, 3.8) is 0 Å². The molecule has 0 aromatic carbocycles. The Kier molecular flexibility index (Phi) is 3.07. The highest BCUT2D eigenvalue weighted by Gasteiger charge is 2.39. The number of hydrogen-bond acceptors (Lipinski definition) is 3. The zero-order chi connectivity index (χ0) is 13.6. The van der Waals surface area contributed by atoms with Gasteiger partial charge in [0.2, 0.25) is 5.91 Å². The van der Waals surface area contributed by atoms with E-state index in [1.165, 1.54) is 5.92 Å². The summed E-state index contributed by atoms with van der Waals surface area (Å²) in [5, 5.41) is 4.91. The van der Waals surface area contributed by atoms with Crippen molar-refractivity contribution in [2.75, 3.05) is 5.32 Å². The highest BCUT2D eigenvalue weighted by Crippen LogP contribution is 2.40. The first-order valence-corrected chi connectivity index (χ1v) is 6.55. The fourth-order valence-corrected chi connectivity index (χ4v) is 2.43. The smallest absolute Gasteiger partial charge is 0.229 e. The first kappa shape index (κ1) is 12.6. The number of carbonyl (C=O) groups excluding carboxylic acids is 1. The lowest BCUT2D eigenvalue weighted by Gasteiger charge is -2.06. The van der Waals surface area contributed by atoms with Gasteiger partial charge in [-0.15, -0.1) is 0 Å². The van der Waals surface area contributed by atoms with E-state index in [1.54, 1.807) is 18.3 Å². The summed E-state index contributed by atoms with van der Waals surface area (Å²) in [5.74, 6) is 1.71. The number of hydrogen-bond donors (Lipinski definition) is 1. The monoisotopic (exact) mass is 294 g/mol. The van der Waals surface area contributed by atoms with Gasteiger partial charge in [-0.2, -0.15) is 0 Å². The molecule has 3 rings (SSSR count). The van der Waals surface area contributed by atoms with E-state index in [2.05, 4.69) is 15.3 Å². The number of rotatable bonds is 2. The summed E-state index contributed by atoms with van der Waals surface area (Å²) < 4.78 is 0. The van der Waals surface area contributed by atoms with Crippen LogP contribution in [0.3, 0.4) is 0 Å². The van der Waals surface area contributed by atoms with Gasteiger partial charge in [-0.1, -0.05) is 30.1 Å². The fourth-order valence-electron chi connectivity index (χ4n) is 1.94. The van der Waals surface area contributed by atoms with E-state index in [0.717, 1.165) is 11.8 Å². The molecule has 4 nitrogen and oxygen atoms in total. The quantitative estimate of drug-likeness (QED) is 0.863. The molecule has 1 saturated carbocycles. The number of amides is 1. The van der Waals surface area contributed by atoms with E-state index >= 15 is 0 Å². The van der Waals surface area contributed by atoms with Gasteiger partial charge in [0.25, 0.3) is 0 Å². The molecule has 1 unspecified atom stereocenters.